The zero-order valence-corrected chi connectivity index (χ0v) is 48.9. The van der Waals surface area contributed by atoms with Gasteiger partial charge in [0.15, 0.2) is 36.2 Å². The molecule has 3 fully saturated rings. The van der Waals surface area contributed by atoms with Crippen LogP contribution < -0.4 is 25.4 Å². The van der Waals surface area contributed by atoms with E-state index < -0.39 is 194 Å². The minimum absolute atomic E-state index is 0.0258. The minimum Gasteiger partial charge on any atom is -0.507 e. The summed E-state index contributed by atoms with van der Waals surface area (Å²) in [6.45, 7) is 3.02. The van der Waals surface area contributed by atoms with Crippen LogP contribution in [0.1, 0.15) is 114 Å². The number of hydrogen-bond donors (Lipinski definition) is 8. The number of ketones is 3. The number of ether oxygens (including phenoxy) is 11. The second kappa shape index (κ2) is 28.4. The highest BCUT2D eigenvalue weighted by Gasteiger charge is 2.56. The normalized spacial score (nSPS) is 26.1. The average Bonchev–Trinajstić information content (AvgIpc) is 0.897. The van der Waals surface area contributed by atoms with Crippen molar-refractivity contribution in [1.82, 2.24) is 15.5 Å². The number of benzene rings is 3. The molecule has 8 N–H and O–H groups in total. The minimum atomic E-state index is -2.40. The summed E-state index contributed by atoms with van der Waals surface area (Å²) in [5.74, 6) is -9.31. The van der Waals surface area contributed by atoms with Gasteiger partial charge in [-0.25, -0.2) is 14.4 Å². The van der Waals surface area contributed by atoms with Crippen LogP contribution in [0.25, 0.3) is 0 Å². The molecular formula is C58H67FN4O26. The molecule has 89 heavy (non-hydrogen) atoms. The number of phenols is 2. The molecule has 12 atom stereocenters. The first kappa shape index (κ1) is 66.5. The van der Waals surface area contributed by atoms with Gasteiger partial charge >= 0.3 is 36.1 Å². The standard InChI is InChI=1S/C58H67FN4O26/c1-25-45(70)33(20-40(83-25)87-36-22-58(78,37(68)23-64)21-31-42(36)49(74)44-43(47(31)72)46(71)30-9-7-10-35(79-5)41(30)48(44)73)60-15-8-11-39-63(17-18-81-39)57(77)82-24-29-12-13-34(32(19-29)62-38(69)14-16-61-56(59)76)88-55-53(86-28(4)67)51(85-27(3)66)50(84-26(2)65)52(89-55)54(75)80-6/h7,9-10,12-13,19,25,33,36,39-40,45,50-53,55,60,64,70,72,74,78H,8,11,14-18,20-24H2,1-6H3,(H,61,76)(H,62,69)/t25?,33?,36?,39?,40?,45?,50-,51-,52-,53+,55+,58-/m0/s1. The summed E-state index contributed by atoms with van der Waals surface area (Å²) < 4.78 is 75.2. The number of esters is 4. The molecule has 482 valence electrons. The SMILES string of the molecule is COC(=O)[C@H]1O[C@@H](Oc2ccc(COC(=O)N3CCOC3CCCNC3CC(OC4C[C@](O)(C(=O)CO)Cc5c(O)c6c(c(O)c54)C(=O)c4c(OC)cccc4C6=O)OC(C)C3O)cc2NC(=O)CCNC(=O)F)[C@H](OC(C)=O)[C@@H](OC(C)=O)[C@@H]1OC(C)=O. The molecule has 5 aliphatic rings. The van der Waals surface area contributed by atoms with E-state index in [1.807, 2.05) is 5.32 Å². The lowest BCUT2D eigenvalue weighted by atomic mass is 9.72. The van der Waals surface area contributed by atoms with Crippen LogP contribution in [0.2, 0.25) is 0 Å². The summed E-state index contributed by atoms with van der Waals surface area (Å²) in [5.41, 5.74) is -4.22. The number of aliphatic hydroxyl groups excluding tert-OH is 2. The second-order valence-electron chi connectivity index (χ2n) is 21.4. The Bertz CT molecular complexity index is 3270. The number of nitrogens with one attached hydrogen (secondary N) is 3. The summed E-state index contributed by atoms with van der Waals surface area (Å²) in [5, 5.41) is 64.3. The number of halogens is 1. The van der Waals surface area contributed by atoms with Gasteiger partial charge in [0.2, 0.25) is 24.1 Å². The second-order valence-corrected chi connectivity index (χ2v) is 21.4. The van der Waals surface area contributed by atoms with Crippen LogP contribution in [0, 0.1) is 0 Å². The van der Waals surface area contributed by atoms with Crippen molar-refractivity contribution in [2.24, 2.45) is 0 Å². The van der Waals surface area contributed by atoms with Gasteiger partial charge in [0.25, 0.3) is 0 Å². The van der Waals surface area contributed by atoms with Crippen LogP contribution in [0.5, 0.6) is 23.0 Å². The summed E-state index contributed by atoms with van der Waals surface area (Å²) in [4.78, 5) is 130. The number of amides is 3. The van der Waals surface area contributed by atoms with Crippen LogP contribution in [0.3, 0.4) is 0 Å². The fourth-order valence-electron chi connectivity index (χ4n) is 11.3. The molecule has 6 unspecified atom stereocenters. The van der Waals surface area contributed by atoms with Crippen LogP contribution in [-0.4, -0.2) is 204 Å². The lowest BCUT2D eigenvalue weighted by Gasteiger charge is -2.43. The molecule has 3 amide bonds. The molecule has 30 nitrogen and oxygen atoms in total. The van der Waals surface area contributed by atoms with E-state index in [0.29, 0.717) is 6.42 Å². The van der Waals surface area contributed by atoms with E-state index in [0.717, 1.165) is 27.9 Å². The number of rotatable bonds is 22. The maximum absolute atomic E-state index is 14.1. The molecule has 3 heterocycles. The third-order valence-corrected chi connectivity index (χ3v) is 15.4. The van der Waals surface area contributed by atoms with Crippen LogP contribution in [-0.2, 0) is 84.4 Å². The number of carbonyl (C=O) groups excluding carboxylic acids is 10. The molecule has 2 aliphatic carbocycles. The highest BCUT2D eigenvalue weighted by Crippen LogP contribution is 2.53. The number of aliphatic hydroxyl groups is 3. The first-order chi connectivity index (χ1) is 42.3. The molecule has 3 saturated heterocycles. The van der Waals surface area contributed by atoms with Gasteiger partial charge in [0.1, 0.15) is 48.0 Å². The fourth-order valence-corrected chi connectivity index (χ4v) is 11.3. The monoisotopic (exact) mass is 1250 g/mol. The Morgan fingerprint density at radius 3 is 2.22 bits per heavy atom. The molecule has 3 aliphatic heterocycles. The Morgan fingerprint density at radius 1 is 0.854 bits per heavy atom. The van der Waals surface area contributed by atoms with Crippen LogP contribution in [0.15, 0.2) is 36.4 Å². The van der Waals surface area contributed by atoms with Crippen molar-refractivity contribution in [1.29, 1.82) is 0 Å². The van der Waals surface area contributed by atoms with Gasteiger partial charge in [0, 0.05) is 75.7 Å². The molecule has 8 rings (SSSR count). The fraction of sp³-hybridized carbons (Fsp3) is 0.517. The topological polar surface area (TPSA) is 413 Å². The van der Waals surface area contributed by atoms with Crippen LogP contribution >= 0.6 is 0 Å². The van der Waals surface area contributed by atoms with Crippen molar-refractivity contribution in [3.8, 4) is 23.0 Å². The molecule has 0 saturated carbocycles. The number of nitrogens with zero attached hydrogens (tertiary/aromatic N) is 1. The summed E-state index contributed by atoms with van der Waals surface area (Å²) in [7, 11) is 2.27. The molecule has 0 bridgehead atoms. The highest BCUT2D eigenvalue weighted by molar-refractivity contribution is 6.31. The summed E-state index contributed by atoms with van der Waals surface area (Å²) in [6, 6.07) is 7.48. The van der Waals surface area contributed by atoms with Gasteiger partial charge in [-0.3, -0.25) is 38.5 Å². The van der Waals surface area contributed by atoms with Gasteiger partial charge in [0.05, 0.1) is 68.1 Å². The zero-order chi connectivity index (χ0) is 64.8. The Morgan fingerprint density at radius 2 is 1.55 bits per heavy atom. The van der Waals surface area contributed by atoms with Gasteiger partial charge in [-0.1, -0.05) is 18.2 Å². The van der Waals surface area contributed by atoms with E-state index >= 15 is 0 Å². The quantitative estimate of drug-likeness (QED) is 0.0138. The number of aromatic hydroxyl groups is 2. The van der Waals surface area contributed by atoms with Gasteiger partial charge < -0.3 is 93.6 Å². The van der Waals surface area contributed by atoms with Crippen molar-refractivity contribution >= 4 is 65.1 Å². The highest BCUT2D eigenvalue weighted by atomic mass is 19.1. The van der Waals surface area contributed by atoms with Crippen molar-refractivity contribution in [3.63, 3.8) is 0 Å². The zero-order valence-electron chi connectivity index (χ0n) is 48.9. The van der Waals surface area contributed by atoms with Crippen molar-refractivity contribution in [2.45, 2.75) is 146 Å². The maximum Gasteiger partial charge on any atom is 0.412 e. The lowest BCUT2D eigenvalue weighted by Crippen LogP contribution is -2.64. The number of Topliss-reactive ketones (excluding diaryl/α,β-unsaturated/α-hetero) is 1. The van der Waals surface area contributed by atoms with E-state index in [4.69, 9.17) is 52.1 Å². The van der Waals surface area contributed by atoms with Crippen LogP contribution in [0.4, 0.5) is 19.7 Å². The van der Waals surface area contributed by atoms with Crippen molar-refractivity contribution < 1.29 is 130 Å². The molecule has 31 heteroatoms. The van der Waals surface area contributed by atoms with E-state index in [1.54, 1.807) is 6.92 Å². The number of methoxy groups -OCH3 is 2. The maximum atomic E-state index is 14.1. The number of hydrogen-bond acceptors (Lipinski definition) is 27. The average molecular weight is 1260 g/mol. The molecule has 0 spiro atoms. The Kier molecular flexibility index (Phi) is 21.2. The summed E-state index contributed by atoms with van der Waals surface area (Å²) >= 11 is 0. The number of carbonyl (C=O) groups is 10. The Balaban J connectivity index is 0.931. The Labute approximate surface area is 506 Å². The van der Waals surface area contributed by atoms with Gasteiger partial charge in [-0.05, 0) is 50.1 Å². The number of phenolic OH excluding ortho intramolecular Hbond substituents is 2. The first-order valence-electron chi connectivity index (χ1n) is 28.1. The van der Waals surface area contributed by atoms with Gasteiger partial charge in [-0.15, -0.1) is 4.39 Å². The van der Waals surface area contributed by atoms with Gasteiger partial charge in [-0.2, -0.15) is 0 Å². The third-order valence-electron chi connectivity index (χ3n) is 15.4. The lowest BCUT2D eigenvalue weighted by molar-refractivity contribution is -0.282. The molecule has 3 aromatic carbocycles. The van der Waals surface area contributed by atoms with Crippen molar-refractivity contribution in [2.75, 3.05) is 52.4 Å². The molecular weight excluding hydrogens is 1190 g/mol. The Hall–Kier alpha value is -8.43. The predicted molar refractivity (Wildman–Crippen MR) is 294 cm³/mol. The van der Waals surface area contributed by atoms with Crippen molar-refractivity contribution in [3.05, 3.63) is 75.3 Å². The summed E-state index contributed by atoms with van der Waals surface area (Å²) in [6.07, 6.45) is -18.4. The first-order valence-corrected chi connectivity index (χ1v) is 28.1. The number of fused-ring (bicyclic) bond motifs is 3. The third kappa shape index (κ3) is 14.7. The van der Waals surface area contributed by atoms with E-state index in [1.165, 1.54) is 48.4 Å². The molecule has 0 radical (unpaired) electrons. The predicted octanol–water partition coefficient (Wildman–Crippen LogP) is 1.49. The smallest absolute Gasteiger partial charge is 0.412 e. The van der Waals surface area contributed by atoms with E-state index in [-0.39, 0.29) is 77.5 Å². The molecule has 3 aromatic rings. The van der Waals surface area contributed by atoms with E-state index in [2.05, 4.69) is 10.6 Å². The largest absolute Gasteiger partial charge is 0.507 e. The van der Waals surface area contributed by atoms with E-state index in [9.17, 15) is 77.9 Å². The number of anilines is 1. The molecule has 0 aromatic heterocycles.